The van der Waals surface area contributed by atoms with Gasteiger partial charge in [0.25, 0.3) is 0 Å². The molecule has 0 saturated carbocycles. The summed E-state index contributed by atoms with van der Waals surface area (Å²) in [5.74, 6) is -0.673. The Bertz CT molecular complexity index is 590. The van der Waals surface area contributed by atoms with Gasteiger partial charge < -0.3 is 5.73 Å². The van der Waals surface area contributed by atoms with Gasteiger partial charge in [0.1, 0.15) is 10.7 Å². The van der Waals surface area contributed by atoms with Crippen molar-refractivity contribution in [1.29, 1.82) is 0 Å². The summed E-state index contributed by atoms with van der Waals surface area (Å²) in [7, 11) is -3.88. The summed E-state index contributed by atoms with van der Waals surface area (Å²) in [6, 6.07) is 1.62. The van der Waals surface area contributed by atoms with Crippen molar-refractivity contribution in [2.75, 3.05) is 13.1 Å². The Hall–Kier alpha value is -0.110. The van der Waals surface area contributed by atoms with Gasteiger partial charge in [-0.1, -0.05) is 29.6 Å². The van der Waals surface area contributed by atoms with E-state index in [0.29, 0.717) is 13.0 Å². The molecule has 0 aliphatic carbocycles. The normalized spacial score (nSPS) is 20.1. The van der Waals surface area contributed by atoms with Crippen LogP contribution in [0.4, 0.5) is 4.39 Å². The van der Waals surface area contributed by atoms with Crippen LogP contribution in [0.3, 0.4) is 0 Å². The Morgan fingerprint density at radius 2 is 1.86 bits per heavy atom. The zero-order valence-electron chi connectivity index (χ0n) is 11.1. The molecule has 1 fully saturated rings. The SMILES string of the molecule is Cl.NCC1CCCCN1S(=O)(=O)c1c(Cl)cc(F)cc1Cl. The molecule has 1 saturated heterocycles. The number of rotatable bonds is 3. The third kappa shape index (κ3) is 3.81. The summed E-state index contributed by atoms with van der Waals surface area (Å²) in [4.78, 5) is -0.248. The number of sulfonamides is 1. The van der Waals surface area contributed by atoms with Crippen LogP contribution in [0.25, 0.3) is 0 Å². The van der Waals surface area contributed by atoms with Crippen molar-refractivity contribution in [2.24, 2.45) is 5.73 Å². The van der Waals surface area contributed by atoms with Gasteiger partial charge in [-0.2, -0.15) is 4.31 Å². The number of piperidine rings is 1. The van der Waals surface area contributed by atoms with Gasteiger partial charge in [-0.05, 0) is 25.0 Å². The molecule has 1 unspecified atom stereocenters. The number of halogens is 4. The minimum Gasteiger partial charge on any atom is -0.329 e. The van der Waals surface area contributed by atoms with Crippen molar-refractivity contribution in [3.63, 3.8) is 0 Å². The minimum absolute atomic E-state index is 0. The lowest BCUT2D eigenvalue weighted by Crippen LogP contribution is -2.47. The van der Waals surface area contributed by atoms with Crippen molar-refractivity contribution in [2.45, 2.75) is 30.2 Å². The van der Waals surface area contributed by atoms with Crippen molar-refractivity contribution < 1.29 is 12.8 Å². The van der Waals surface area contributed by atoms with Crippen molar-refractivity contribution in [1.82, 2.24) is 4.31 Å². The lowest BCUT2D eigenvalue weighted by molar-refractivity contribution is 0.257. The second-order valence-corrected chi connectivity index (χ2v) is 7.34. The van der Waals surface area contributed by atoms with Crippen LogP contribution in [0.15, 0.2) is 17.0 Å². The Labute approximate surface area is 139 Å². The standard InChI is InChI=1S/C12H15Cl2FN2O2S.ClH/c13-10-5-8(15)6-11(14)12(10)20(18,19)17-4-2-1-3-9(17)7-16;/h5-6,9H,1-4,7,16H2;1H. The molecule has 1 atom stereocenters. The number of benzene rings is 1. The molecule has 0 aromatic heterocycles. The molecular weight excluding hydrogens is 362 g/mol. The molecule has 2 rings (SSSR count). The van der Waals surface area contributed by atoms with E-state index in [4.69, 9.17) is 28.9 Å². The fourth-order valence-corrected chi connectivity index (χ4v) is 5.26. The van der Waals surface area contributed by atoms with Crippen molar-refractivity contribution in [3.8, 4) is 0 Å². The van der Waals surface area contributed by atoms with E-state index >= 15 is 0 Å². The Morgan fingerprint density at radius 3 is 2.38 bits per heavy atom. The third-order valence-electron chi connectivity index (χ3n) is 3.37. The van der Waals surface area contributed by atoms with Crippen LogP contribution < -0.4 is 5.73 Å². The number of hydrogen-bond donors (Lipinski definition) is 1. The molecule has 1 aromatic rings. The largest absolute Gasteiger partial charge is 0.329 e. The van der Waals surface area contributed by atoms with Crippen molar-refractivity contribution in [3.05, 3.63) is 28.0 Å². The summed E-state index contributed by atoms with van der Waals surface area (Å²) < 4.78 is 39.9. The maximum Gasteiger partial charge on any atom is 0.246 e. The fourth-order valence-electron chi connectivity index (χ4n) is 2.42. The average molecular weight is 378 g/mol. The van der Waals surface area contributed by atoms with Crippen LogP contribution >= 0.6 is 35.6 Å². The van der Waals surface area contributed by atoms with Crippen LogP contribution in [0.5, 0.6) is 0 Å². The zero-order chi connectivity index (χ0) is 14.9. The second-order valence-electron chi connectivity index (χ2n) is 4.70. The molecule has 9 heteroatoms. The third-order valence-corrected chi connectivity index (χ3v) is 6.25. The molecule has 0 radical (unpaired) electrons. The molecule has 120 valence electrons. The molecule has 0 bridgehead atoms. The van der Waals surface area contributed by atoms with Crippen LogP contribution in [-0.2, 0) is 10.0 Å². The van der Waals surface area contributed by atoms with Gasteiger partial charge in [0.15, 0.2) is 0 Å². The zero-order valence-corrected chi connectivity index (χ0v) is 14.2. The molecular formula is C12H16Cl3FN2O2S. The molecule has 1 aliphatic rings. The first-order chi connectivity index (χ1) is 9.37. The first-order valence-electron chi connectivity index (χ1n) is 6.24. The number of nitrogens with two attached hydrogens (primary N) is 1. The lowest BCUT2D eigenvalue weighted by Gasteiger charge is -2.34. The Morgan fingerprint density at radius 1 is 1.29 bits per heavy atom. The van der Waals surface area contributed by atoms with Crippen LogP contribution in [0, 0.1) is 5.82 Å². The second kappa shape index (κ2) is 7.44. The molecule has 1 aliphatic heterocycles. The average Bonchev–Trinajstić information content (AvgIpc) is 2.37. The molecule has 0 amide bonds. The topological polar surface area (TPSA) is 63.4 Å². The highest BCUT2D eigenvalue weighted by atomic mass is 35.5. The van der Waals surface area contributed by atoms with Crippen LogP contribution in [-0.4, -0.2) is 31.9 Å². The highest BCUT2D eigenvalue weighted by Gasteiger charge is 2.35. The summed E-state index contributed by atoms with van der Waals surface area (Å²) in [5.41, 5.74) is 5.64. The molecule has 1 heterocycles. The van der Waals surface area contributed by atoms with E-state index in [1.807, 2.05) is 0 Å². The van der Waals surface area contributed by atoms with E-state index in [0.717, 1.165) is 25.0 Å². The molecule has 21 heavy (non-hydrogen) atoms. The van der Waals surface area contributed by atoms with Gasteiger partial charge in [0.05, 0.1) is 10.0 Å². The quantitative estimate of drug-likeness (QED) is 0.880. The predicted octanol–water partition coefficient (Wildman–Crippen LogP) is 3.06. The van der Waals surface area contributed by atoms with E-state index < -0.39 is 15.8 Å². The summed E-state index contributed by atoms with van der Waals surface area (Å²) in [6.07, 6.45) is 2.39. The number of hydrogen-bond acceptors (Lipinski definition) is 3. The summed E-state index contributed by atoms with van der Waals surface area (Å²) in [5, 5.41) is -0.423. The van der Waals surface area contributed by atoms with E-state index in [1.54, 1.807) is 0 Å². The van der Waals surface area contributed by atoms with Crippen molar-refractivity contribution >= 4 is 45.6 Å². The van der Waals surface area contributed by atoms with Gasteiger partial charge in [0.2, 0.25) is 10.0 Å². The predicted molar refractivity (Wildman–Crippen MR) is 84.3 cm³/mol. The maximum atomic E-state index is 13.2. The molecule has 0 spiro atoms. The minimum atomic E-state index is -3.88. The Kier molecular flexibility index (Phi) is 6.71. The van der Waals surface area contributed by atoms with Gasteiger partial charge >= 0.3 is 0 Å². The van der Waals surface area contributed by atoms with E-state index in [9.17, 15) is 12.8 Å². The first-order valence-corrected chi connectivity index (χ1v) is 8.44. The van der Waals surface area contributed by atoms with Gasteiger partial charge in [-0.25, -0.2) is 12.8 Å². The van der Waals surface area contributed by atoms with E-state index in [-0.39, 0.29) is 39.9 Å². The first kappa shape index (κ1) is 18.9. The van der Waals surface area contributed by atoms with Crippen LogP contribution in [0.1, 0.15) is 19.3 Å². The monoisotopic (exact) mass is 376 g/mol. The van der Waals surface area contributed by atoms with E-state index in [1.165, 1.54) is 4.31 Å². The highest BCUT2D eigenvalue weighted by molar-refractivity contribution is 7.89. The highest BCUT2D eigenvalue weighted by Crippen LogP contribution is 2.35. The fraction of sp³-hybridized carbons (Fsp3) is 0.500. The molecule has 4 nitrogen and oxygen atoms in total. The lowest BCUT2D eigenvalue weighted by atomic mass is 10.1. The summed E-state index contributed by atoms with van der Waals surface area (Å²) in [6.45, 7) is 0.601. The van der Waals surface area contributed by atoms with Gasteiger partial charge in [-0.15, -0.1) is 12.4 Å². The van der Waals surface area contributed by atoms with Gasteiger partial charge in [0, 0.05) is 19.1 Å². The molecule has 1 aromatic carbocycles. The Balaban J connectivity index is 0.00000220. The van der Waals surface area contributed by atoms with E-state index in [2.05, 4.69) is 0 Å². The number of nitrogens with zero attached hydrogens (tertiary/aromatic N) is 1. The van der Waals surface area contributed by atoms with Crippen LogP contribution in [0.2, 0.25) is 10.0 Å². The molecule has 2 N–H and O–H groups in total. The maximum absolute atomic E-state index is 13.2. The summed E-state index contributed by atoms with van der Waals surface area (Å²) >= 11 is 11.7. The smallest absolute Gasteiger partial charge is 0.246 e. The van der Waals surface area contributed by atoms with Gasteiger partial charge in [-0.3, -0.25) is 0 Å².